The lowest BCUT2D eigenvalue weighted by Gasteiger charge is -2.47. The lowest BCUT2D eigenvalue weighted by atomic mass is 9.67. The van der Waals surface area contributed by atoms with Crippen LogP contribution in [-0.2, 0) is 14.3 Å². The highest BCUT2D eigenvalue weighted by Crippen LogP contribution is 2.54. The highest BCUT2D eigenvalue weighted by molar-refractivity contribution is 5.85. The van der Waals surface area contributed by atoms with Gasteiger partial charge in [0.1, 0.15) is 16.6 Å². The van der Waals surface area contributed by atoms with Gasteiger partial charge in [0, 0.05) is 58.9 Å². The van der Waals surface area contributed by atoms with Crippen LogP contribution in [0.15, 0.2) is 0 Å². The van der Waals surface area contributed by atoms with E-state index in [9.17, 15) is 40.7 Å². The third kappa shape index (κ3) is 9.09. The predicted octanol–water partition coefficient (Wildman–Crippen LogP) is 6.07. The summed E-state index contributed by atoms with van der Waals surface area (Å²) in [6, 6.07) is 0. The molecule has 4 rings (SSSR count). The fraction of sp³-hybridized carbons (Fsp3) is 0.900. The largest absolute Gasteiger partial charge is 0.444 e. The van der Waals surface area contributed by atoms with Gasteiger partial charge in [-0.2, -0.15) is 26.3 Å². The number of alkyl halides is 6. The van der Waals surface area contributed by atoms with Crippen molar-refractivity contribution in [2.24, 2.45) is 10.8 Å². The van der Waals surface area contributed by atoms with Gasteiger partial charge < -0.3 is 24.2 Å². The van der Waals surface area contributed by atoms with Gasteiger partial charge in [-0.1, -0.05) is 12.8 Å². The monoisotopic (exact) mass is 658 g/mol. The number of carbonyl (C=O) groups is 3. The topological polar surface area (TPSA) is 82.6 Å². The molecule has 4 fully saturated rings. The minimum absolute atomic E-state index is 0.0542. The number of nitrogens with zero attached hydrogens (tertiary/aromatic N) is 4. The van der Waals surface area contributed by atoms with Crippen LogP contribution < -0.4 is 0 Å². The van der Waals surface area contributed by atoms with E-state index in [0.717, 1.165) is 0 Å². The SMILES string of the molecule is CC(C)(C)OC(=O)N1CCN(C(=O)C2(C(F)(F)F)CCC2)CC1.CC(C)(C)OC(=O)N1CCN(CC2(C(F)(F)F)CCC2)CC1. The molecule has 2 saturated carbocycles. The van der Waals surface area contributed by atoms with Crippen molar-refractivity contribution in [2.75, 3.05) is 58.9 Å². The fourth-order valence-electron chi connectivity index (χ4n) is 5.85. The number of carbonyl (C=O) groups excluding carboxylic acids is 3. The van der Waals surface area contributed by atoms with E-state index in [0.29, 0.717) is 39.0 Å². The summed E-state index contributed by atoms with van der Waals surface area (Å²) in [6.45, 7) is 13.0. The summed E-state index contributed by atoms with van der Waals surface area (Å²) in [5, 5.41) is 0. The maximum atomic E-state index is 13.2. The first-order valence-corrected chi connectivity index (χ1v) is 15.6. The molecular weight excluding hydrogens is 610 g/mol. The second-order valence-electron chi connectivity index (χ2n) is 14.6. The molecule has 2 saturated heterocycles. The van der Waals surface area contributed by atoms with E-state index in [1.165, 1.54) is 9.80 Å². The van der Waals surface area contributed by atoms with Crippen molar-refractivity contribution in [3.63, 3.8) is 0 Å². The van der Waals surface area contributed by atoms with Crippen LogP contribution in [-0.4, -0.2) is 120 Å². The fourth-order valence-corrected chi connectivity index (χ4v) is 5.85. The number of amides is 3. The Labute approximate surface area is 261 Å². The maximum Gasteiger partial charge on any atom is 0.410 e. The molecule has 0 radical (unpaired) electrons. The summed E-state index contributed by atoms with van der Waals surface area (Å²) in [5.41, 5.74) is -4.92. The van der Waals surface area contributed by atoms with Crippen LogP contribution in [0.1, 0.15) is 80.1 Å². The molecule has 0 aromatic heterocycles. The van der Waals surface area contributed by atoms with Crippen molar-refractivity contribution in [1.29, 1.82) is 0 Å². The number of rotatable bonds is 3. The molecule has 9 nitrogen and oxygen atoms in total. The number of hydrogen-bond donors (Lipinski definition) is 0. The summed E-state index contributed by atoms with van der Waals surface area (Å²) < 4.78 is 89.7. The summed E-state index contributed by atoms with van der Waals surface area (Å²) in [7, 11) is 0. The Morgan fingerprint density at radius 2 is 0.956 bits per heavy atom. The first-order valence-electron chi connectivity index (χ1n) is 15.6. The van der Waals surface area contributed by atoms with E-state index < -0.39 is 46.4 Å². The Balaban J connectivity index is 0.000000246. The second-order valence-corrected chi connectivity index (χ2v) is 14.6. The minimum atomic E-state index is -4.51. The van der Waals surface area contributed by atoms with Gasteiger partial charge in [-0.05, 0) is 67.2 Å². The van der Waals surface area contributed by atoms with Crippen LogP contribution in [0.2, 0.25) is 0 Å². The molecule has 0 aromatic carbocycles. The van der Waals surface area contributed by atoms with Crippen molar-refractivity contribution < 1.29 is 50.2 Å². The molecule has 0 aromatic rings. The van der Waals surface area contributed by atoms with Crippen LogP contribution in [0.5, 0.6) is 0 Å². The minimum Gasteiger partial charge on any atom is -0.444 e. The normalized spacial score (nSPS) is 22.4. The number of ether oxygens (including phenoxy) is 2. The lowest BCUT2D eigenvalue weighted by molar-refractivity contribution is -0.256. The molecule has 2 aliphatic carbocycles. The van der Waals surface area contributed by atoms with Crippen molar-refractivity contribution >= 4 is 18.1 Å². The highest BCUT2D eigenvalue weighted by Gasteiger charge is 2.64. The summed E-state index contributed by atoms with van der Waals surface area (Å²) in [5.74, 6) is -0.847. The van der Waals surface area contributed by atoms with Crippen molar-refractivity contribution in [3.05, 3.63) is 0 Å². The van der Waals surface area contributed by atoms with E-state index in [2.05, 4.69) is 0 Å². The Bertz CT molecular complexity index is 1050. The molecule has 2 heterocycles. The standard InChI is InChI=1S/C15H23F3N2O3.C15H25F3N2O2/c1-13(2,3)23-12(22)20-9-7-19(8-10-20)11(21)14(5-4-6-14)15(16,17)18;1-13(2,3)22-12(21)20-9-7-19(8-10-20)11-14(5-4-6-14)15(16,17)18/h4-10H2,1-3H3;4-11H2,1-3H3. The molecule has 3 amide bonds. The van der Waals surface area contributed by atoms with Crippen molar-refractivity contribution in [2.45, 2.75) is 104 Å². The molecular formula is C30H48F6N4O5. The van der Waals surface area contributed by atoms with Gasteiger partial charge in [0.15, 0.2) is 0 Å². The van der Waals surface area contributed by atoms with Crippen LogP contribution in [0.25, 0.3) is 0 Å². The summed E-state index contributed by atoms with van der Waals surface area (Å²) in [6.07, 6.45) is -8.28. The van der Waals surface area contributed by atoms with Crippen LogP contribution in [0, 0.1) is 10.8 Å². The molecule has 0 bridgehead atoms. The molecule has 0 atom stereocenters. The van der Waals surface area contributed by atoms with E-state index in [1.54, 1.807) is 46.4 Å². The first-order chi connectivity index (χ1) is 20.5. The van der Waals surface area contributed by atoms with Crippen molar-refractivity contribution in [3.8, 4) is 0 Å². The predicted molar refractivity (Wildman–Crippen MR) is 153 cm³/mol. The third-order valence-electron chi connectivity index (χ3n) is 8.84. The van der Waals surface area contributed by atoms with E-state index in [4.69, 9.17) is 9.47 Å². The Morgan fingerprint density at radius 1 is 0.578 bits per heavy atom. The smallest absolute Gasteiger partial charge is 0.410 e. The summed E-state index contributed by atoms with van der Waals surface area (Å²) in [4.78, 5) is 42.3. The second kappa shape index (κ2) is 13.3. The highest BCUT2D eigenvalue weighted by atomic mass is 19.4. The molecule has 4 aliphatic rings. The molecule has 15 heteroatoms. The van der Waals surface area contributed by atoms with Crippen LogP contribution in [0.4, 0.5) is 35.9 Å². The lowest BCUT2D eigenvalue weighted by Crippen LogP contribution is -2.60. The van der Waals surface area contributed by atoms with E-state index >= 15 is 0 Å². The Morgan fingerprint density at radius 3 is 1.24 bits per heavy atom. The third-order valence-corrected chi connectivity index (χ3v) is 8.84. The van der Waals surface area contributed by atoms with Gasteiger partial charge in [-0.3, -0.25) is 9.69 Å². The zero-order chi connectivity index (χ0) is 34.1. The van der Waals surface area contributed by atoms with Gasteiger partial charge in [-0.25, -0.2) is 9.59 Å². The van der Waals surface area contributed by atoms with Gasteiger partial charge in [0.25, 0.3) is 0 Å². The van der Waals surface area contributed by atoms with Gasteiger partial charge in [-0.15, -0.1) is 0 Å². The zero-order valence-corrected chi connectivity index (χ0v) is 27.2. The number of hydrogen-bond acceptors (Lipinski definition) is 6. The van der Waals surface area contributed by atoms with Crippen LogP contribution in [0.3, 0.4) is 0 Å². The van der Waals surface area contributed by atoms with E-state index in [-0.39, 0.29) is 64.5 Å². The number of halogens is 6. The zero-order valence-electron chi connectivity index (χ0n) is 27.2. The summed E-state index contributed by atoms with van der Waals surface area (Å²) >= 11 is 0. The van der Waals surface area contributed by atoms with Crippen LogP contribution >= 0.6 is 0 Å². The molecule has 0 N–H and O–H groups in total. The molecule has 0 unspecified atom stereocenters. The molecule has 2 aliphatic heterocycles. The maximum absolute atomic E-state index is 13.2. The molecule has 260 valence electrons. The average molecular weight is 659 g/mol. The van der Waals surface area contributed by atoms with E-state index in [1.807, 2.05) is 4.90 Å². The first kappa shape index (κ1) is 37.0. The average Bonchev–Trinajstić information content (AvgIpc) is 2.82. The van der Waals surface area contributed by atoms with Gasteiger partial charge in [0.05, 0.1) is 5.41 Å². The van der Waals surface area contributed by atoms with Crippen molar-refractivity contribution in [1.82, 2.24) is 19.6 Å². The number of piperazine rings is 2. The Hall–Kier alpha value is -2.45. The van der Waals surface area contributed by atoms with Gasteiger partial charge >= 0.3 is 24.5 Å². The quantitative estimate of drug-likeness (QED) is 0.343. The molecule has 0 spiro atoms. The van der Waals surface area contributed by atoms with Gasteiger partial charge in [0.2, 0.25) is 5.91 Å². The molecule has 45 heavy (non-hydrogen) atoms. The Kier molecular flexibility index (Phi) is 11.0.